The summed E-state index contributed by atoms with van der Waals surface area (Å²) in [7, 11) is 0. The largest absolute Gasteiger partial charge is 0.396 e. The normalized spacial score (nSPS) is 28.7. The molecule has 1 rings (SSSR count). The Morgan fingerprint density at radius 1 is 1.47 bits per heavy atom. The van der Waals surface area contributed by atoms with E-state index in [1.54, 1.807) is 0 Å². The Hall–Kier alpha value is -0.810. The molecule has 6 heteroatoms. The molecular formula is C11H21N3O3. The lowest BCUT2D eigenvalue weighted by Gasteiger charge is -2.21. The Morgan fingerprint density at radius 2 is 2.18 bits per heavy atom. The van der Waals surface area contributed by atoms with Crippen LogP contribution in [-0.2, 0) is 9.47 Å². The zero-order valence-corrected chi connectivity index (χ0v) is 10.7. The molecule has 1 saturated heterocycles. The van der Waals surface area contributed by atoms with Crippen molar-refractivity contribution in [1.29, 1.82) is 0 Å². The molecular weight excluding hydrogens is 222 g/mol. The van der Waals surface area contributed by atoms with Crippen LogP contribution in [0.3, 0.4) is 0 Å². The summed E-state index contributed by atoms with van der Waals surface area (Å²) in [5, 5.41) is 12.8. The molecule has 3 atom stereocenters. The number of unbranched alkanes of at least 4 members (excludes halogenated alkanes) is 1. The van der Waals surface area contributed by atoms with Gasteiger partial charge in [0.2, 0.25) is 0 Å². The predicted molar refractivity (Wildman–Crippen MR) is 63.4 cm³/mol. The Bertz CT molecular complexity index is 290. The number of aliphatic hydroxyl groups excluding tert-OH is 1. The first kappa shape index (κ1) is 14.3. The molecule has 0 aromatic heterocycles. The van der Waals surface area contributed by atoms with Crippen LogP contribution in [0, 0.1) is 0 Å². The third-order valence-electron chi connectivity index (χ3n) is 2.83. The molecule has 0 spiro atoms. The smallest absolute Gasteiger partial charge is 0.163 e. The average molecular weight is 243 g/mol. The van der Waals surface area contributed by atoms with Crippen molar-refractivity contribution < 1.29 is 14.6 Å². The SMILES string of the molecule is CCCC[C@H]1OC(C)(C)O[C@H]1[C@H](CO)N=[N+]=[N-]. The Balaban J connectivity index is 2.74. The summed E-state index contributed by atoms with van der Waals surface area (Å²) in [6.45, 7) is 5.54. The quantitative estimate of drug-likeness (QED) is 0.441. The van der Waals surface area contributed by atoms with E-state index in [1.165, 1.54) is 0 Å². The molecule has 0 aromatic rings. The Labute approximate surface area is 102 Å². The summed E-state index contributed by atoms with van der Waals surface area (Å²) in [4.78, 5) is 2.74. The van der Waals surface area contributed by atoms with Crippen LogP contribution in [0.1, 0.15) is 40.0 Å². The minimum absolute atomic E-state index is 0.118. The molecule has 1 heterocycles. The number of hydrogen-bond acceptors (Lipinski definition) is 4. The standard InChI is InChI=1S/C11H21N3O3/c1-4-5-6-9-10(8(7-15)13-14-12)17-11(2,3)16-9/h8-10,15H,4-7H2,1-3H3/t8-,9+,10-/m0/s1. The molecule has 1 fully saturated rings. The first-order chi connectivity index (χ1) is 8.04. The molecule has 0 saturated carbocycles. The molecule has 0 amide bonds. The fraction of sp³-hybridized carbons (Fsp3) is 1.00. The van der Waals surface area contributed by atoms with Crippen molar-refractivity contribution in [3.05, 3.63) is 10.4 Å². The predicted octanol–water partition coefficient (Wildman–Crippen LogP) is 2.37. The summed E-state index contributed by atoms with van der Waals surface area (Å²) >= 11 is 0. The van der Waals surface area contributed by atoms with Crippen LogP contribution < -0.4 is 0 Å². The van der Waals surface area contributed by atoms with E-state index in [0.717, 1.165) is 19.3 Å². The summed E-state index contributed by atoms with van der Waals surface area (Å²) < 4.78 is 11.5. The third kappa shape index (κ3) is 3.85. The topological polar surface area (TPSA) is 87.5 Å². The molecule has 0 aromatic carbocycles. The van der Waals surface area contributed by atoms with Crippen molar-refractivity contribution in [2.45, 2.75) is 64.1 Å². The molecule has 17 heavy (non-hydrogen) atoms. The monoisotopic (exact) mass is 243 g/mol. The molecule has 0 unspecified atom stereocenters. The fourth-order valence-electron chi connectivity index (χ4n) is 2.09. The molecule has 1 aliphatic rings. The second kappa shape index (κ2) is 6.21. The number of rotatable bonds is 6. The lowest BCUT2D eigenvalue weighted by Crippen LogP contribution is -2.36. The van der Waals surface area contributed by atoms with Gasteiger partial charge in [-0.15, -0.1) is 0 Å². The zero-order valence-electron chi connectivity index (χ0n) is 10.7. The van der Waals surface area contributed by atoms with Crippen LogP contribution in [0.15, 0.2) is 5.11 Å². The Kier molecular flexibility index (Phi) is 5.21. The average Bonchev–Trinajstić information content (AvgIpc) is 2.58. The van der Waals surface area contributed by atoms with Gasteiger partial charge in [-0.05, 0) is 25.8 Å². The zero-order chi connectivity index (χ0) is 12.9. The summed E-state index contributed by atoms with van der Waals surface area (Å²) in [5.41, 5.74) is 8.47. The molecule has 98 valence electrons. The van der Waals surface area contributed by atoms with Gasteiger partial charge in [0.15, 0.2) is 5.79 Å². The first-order valence-electron chi connectivity index (χ1n) is 6.04. The number of hydrogen-bond donors (Lipinski definition) is 1. The van der Waals surface area contributed by atoms with Gasteiger partial charge in [0.05, 0.1) is 24.9 Å². The first-order valence-corrected chi connectivity index (χ1v) is 6.04. The number of azide groups is 1. The van der Waals surface area contributed by atoms with Gasteiger partial charge in [-0.2, -0.15) is 0 Å². The molecule has 6 nitrogen and oxygen atoms in total. The van der Waals surface area contributed by atoms with Gasteiger partial charge in [-0.1, -0.05) is 24.9 Å². The molecule has 0 bridgehead atoms. The van der Waals surface area contributed by atoms with E-state index in [-0.39, 0.29) is 18.8 Å². The van der Waals surface area contributed by atoms with Crippen molar-refractivity contribution in [1.82, 2.24) is 0 Å². The van der Waals surface area contributed by atoms with Crippen molar-refractivity contribution >= 4 is 0 Å². The highest BCUT2D eigenvalue weighted by molar-refractivity contribution is 4.90. The fourth-order valence-corrected chi connectivity index (χ4v) is 2.09. The number of aliphatic hydroxyl groups is 1. The highest BCUT2D eigenvalue weighted by Crippen LogP contribution is 2.33. The van der Waals surface area contributed by atoms with E-state index in [0.29, 0.717) is 0 Å². The van der Waals surface area contributed by atoms with Gasteiger partial charge in [-0.3, -0.25) is 0 Å². The van der Waals surface area contributed by atoms with Gasteiger partial charge in [0.25, 0.3) is 0 Å². The minimum Gasteiger partial charge on any atom is -0.396 e. The lowest BCUT2D eigenvalue weighted by molar-refractivity contribution is -0.148. The van der Waals surface area contributed by atoms with Crippen LogP contribution in [0.5, 0.6) is 0 Å². The van der Waals surface area contributed by atoms with E-state index >= 15 is 0 Å². The van der Waals surface area contributed by atoms with Crippen molar-refractivity contribution in [2.75, 3.05) is 6.61 Å². The molecule has 1 N–H and O–H groups in total. The second-order valence-electron chi connectivity index (χ2n) is 4.74. The second-order valence-corrected chi connectivity index (χ2v) is 4.74. The molecule has 0 radical (unpaired) electrons. The van der Waals surface area contributed by atoms with Crippen LogP contribution in [0.25, 0.3) is 10.4 Å². The highest BCUT2D eigenvalue weighted by atomic mass is 16.8. The number of nitrogens with zero attached hydrogens (tertiary/aromatic N) is 3. The molecule has 1 aliphatic heterocycles. The van der Waals surface area contributed by atoms with E-state index in [1.807, 2.05) is 13.8 Å². The van der Waals surface area contributed by atoms with Crippen molar-refractivity contribution in [3.8, 4) is 0 Å². The van der Waals surface area contributed by atoms with Crippen molar-refractivity contribution in [3.63, 3.8) is 0 Å². The van der Waals surface area contributed by atoms with Gasteiger partial charge < -0.3 is 14.6 Å². The molecule has 0 aliphatic carbocycles. The Morgan fingerprint density at radius 3 is 2.71 bits per heavy atom. The van der Waals surface area contributed by atoms with E-state index in [2.05, 4.69) is 16.9 Å². The van der Waals surface area contributed by atoms with Crippen LogP contribution in [-0.4, -0.2) is 35.8 Å². The van der Waals surface area contributed by atoms with Gasteiger partial charge in [0, 0.05) is 4.91 Å². The van der Waals surface area contributed by atoms with Crippen LogP contribution >= 0.6 is 0 Å². The summed E-state index contributed by atoms with van der Waals surface area (Å²) in [6.07, 6.45) is 2.46. The van der Waals surface area contributed by atoms with Crippen LogP contribution in [0.4, 0.5) is 0 Å². The maximum Gasteiger partial charge on any atom is 0.163 e. The third-order valence-corrected chi connectivity index (χ3v) is 2.83. The van der Waals surface area contributed by atoms with E-state index in [4.69, 9.17) is 15.0 Å². The van der Waals surface area contributed by atoms with Crippen LogP contribution in [0.2, 0.25) is 0 Å². The maximum absolute atomic E-state index is 9.23. The van der Waals surface area contributed by atoms with Gasteiger partial charge in [0.1, 0.15) is 0 Å². The lowest BCUT2D eigenvalue weighted by atomic mass is 10.0. The van der Waals surface area contributed by atoms with E-state index in [9.17, 15) is 5.11 Å². The van der Waals surface area contributed by atoms with Crippen molar-refractivity contribution in [2.24, 2.45) is 5.11 Å². The number of ether oxygens (including phenoxy) is 2. The van der Waals surface area contributed by atoms with Gasteiger partial charge in [-0.25, -0.2) is 0 Å². The maximum atomic E-state index is 9.23. The summed E-state index contributed by atoms with van der Waals surface area (Å²) in [5.74, 6) is -0.679. The van der Waals surface area contributed by atoms with E-state index < -0.39 is 11.8 Å². The van der Waals surface area contributed by atoms with Gasteiger partial charge >= 0.3 is 0 Å². The highest BCUT2D eigenvalue weighted by Gasteiger charge is 2.44. The summed E-state index contributed by atoms with van der Waals surface area (Å²) in [6, 6.07) is -0.580. The minimum atomic E-state index is -0.679.